The Bertz CT molecular complexity index is 169. The van der Waals surface area contributed by atoms with Crippen LogP contribution in [0.2, 0.25) is 0 Å². The maximum absolute atomic E-state index is 10.1. The number of amides is 1. The van der Waals surface area contributed by atoms with E-state index < -0.39 is 6.09 Å². The minimum Gasteiger partial charge on any atom is -0.464 e. The van der Waals surface area contributed by atoms with Crippen LogP contribution >= 0.6 is 24.6 Å². The highest BCUT2D eigenvalue weighted by Gasteiger charge is 2.15. The van der Waals surface area contributed by atoms with Gasteiger partial charge in [-0.15, -0.1) is 12.6 Å². The van der Waals surface area contributed by atoms with E-state index in [1.807, 2.05) is 0 Å². The fraction of sp³-hybridized carbons (Fsp3) is 0. The van der Waals surface area contributed by atoms with Crippen molar-refractivity contribution in [2.75, 3.05) is 0 Å². The van der Waals surface area contributed by atoms with Crippen LogP contribution in [0.4, 0.5) is 4.79 Å². The summed E-state index contributed by atoms with van der Waals surface area (Å²) in [6.07, 6.45) is 0.349. The van der Waals surface area contributed by atoms with Gasteiger partial charge in [-0.1, -0.05) is 0 Å². The highest BCUT2D eigenvalue weighted by molar-refractivity contribution is 8.14. The summed E-state index contributed by atoms with van der Waals surface area (Å²) in [6, 6.07) is 0. The first kappa shape index (κ1) is 6.79. The Morgan fingerprint density at radius 2 is 2.67 bits per heavy atom. The maximum atomic E-state index is 10.1. The van der Waals surface area contributed by atoms with Crippen molar-refractivity contribution in [2.45, 2.75) is 0 Å². The second-order valence-corrected chi connectivity index (χ2v) is 2.92. The van der Waals surface area contributed by atoms with Crippen LogP contribution < -0.4 is 4.83 Å². The molecule has 2 N–H and O–H groups in total. The molecule has 0 aromatic carbocycles. The van der Waals surface area contributed by atoms with Crippen LogP contribution in [0.1, 0.15) is 0 Å². The number of hydrogen-bond acceptors (Lipinski definition) is 4. The average molecular weight is 164 g/mol. The molecule has 1 heterocycles. The molecule has 1 aliphatic rings. The van der Waals surface area contributed by atoms with E-state index in [-0.39, 0.29) is 0 Å². The summed E-state index contributed by atoms with van der Waals surface area (Å²) in [6.45, 7) is 0. The quantitative estimate of drug-likeness (QED) is 0.367. The molecule has 0 fully saturated rings. The number of hydrazine groups is 1. The van der Waals surface area contributed by atoms with E-state index in [0.29, 0.717) is 4.24 Å². The summed E-state index contributed by atoms with van der Waals surface area (Å²) >= 11 is 5.06. The second kappa shape index (κ2) is 2.51. The Kier molecular flexibility index (Phi) is 1.89. The van der Waals surface area contributed by atoms with Gasteiger partial charge in [-0.2, -0.15) is 4.83 Å². The first-order chi connectivity index (χ1) is 4.20. The summed E-state index contributed by atoms with van der Waals surface area (Å²) in [4.78, 5) is 12.6. The van der Waals surface area contributed by atoms with Crippen LogP contribution in [0.25, 0.3) is 0 Å². The van der Waals surface area contributed by atoms with Crippen molar-refractivity contribution < 1.29 is 9.90 Å². The standard InChI is InChI=1S/C3H4N2O2S2/c6-3(7)5-1-2(8)9-4-5/h1,4,8H,(H,6,7). The zero-order valence-corrected chi connectivity index (χ0v) is 5.95. The monoisotopic (exact) mass is 164 g/mol. The molecule has 0 radical (unpaired) electrons. The highest BCUT2D eigenvalue weighted by Crippen LogP contribution is 2.22. The van der Waals surface area contributed by atoms with Crippen LogP contribution in [0.3, 0.4) is 0 Å². The van der Waals surface area contributed by atoms with Gasteiger partial charge in [0.25, 0.3) is 0 Å². The number of nitrogens with zero attached hydrogens (tertiary/aromatic N) is 1. The molecule has 4 nitrogen and oxygen atoms in total. The molecule has 0 aromatic rings. The third kappa shape index (κ3) is 1.54. The lowest BCUT2D eigenvalue weighted by Gasteiger charge is -2.04. The Balaban J connectivity index is 2.57. The number of hydrogen-bond donors (Lipinski definition) is 3. The number of nitrogens with one attached hydrogen (secondary N) is 1. The molecule has 0 atom stereocenters. The molecular weight excluding hydrogens is 160 g/mol. The smallest absolute Gasteiger partial charge is 0.426 e. The first-order valence-corrected chi connectivity index (χ1v) is 3.32. The fourth-order valence-corrected chi connectivity index (χ4v) is 1.07. The highest BCUT2D eigenvalue weighted by atomic mass is 32.2. The molecule has 0 spiro atoms. The molecule has 1 amide bonds. The van der Waals surface area contributed by atoms with Gasteiger partial charge in [-0.25, -0.2) is 9.80 Å². The largest absolute Gasteiger partial charge is 0.464 e. The Morgan fingerprint density at radius 3 is 2.89 bits per heavy atom. The molecule has 1 aliphatic heterocycles. The Hall–Kier alpha value is -0.330. The van der Waals surface area contributed by atoms with Crippen molar-refractivity contribution in [1.29, 1.82) is 0 Å². The van der Waals surface area contributed by atoms with Gasteiger partial charge in [0.15, 0.2) is 0 Å². The summed E-state index contributed by atoms with van der Waals surface area (Å²) in [7, 11) is 0. The summed E-state index contributed by atoms with van der Waals surface area (Å²) in [5.74, 6) is 0. The molecule has 6 heteroatoms. The van der Waals surface area contributed by atoms with Crippen molar-refractivity contribution in [1.82, 2.24) is 9.84 Å². The van der Waals surface area contributed by atoms with E-state index in [2.05, 4.69) is 17.5 Å². The van der Waals surface area contributed by atoms with Gasteiger partial charge >= 0.3 is 6.09 Å². The molecule has 50 valence electrons. The van der Waals surface area contributed by atoms with Crippen LogP contribution in [0.5, 0.6) is 0 Å². The third-order valence-electron chi connectivity index (χ3n) is 0.694. The fourth-order valence-electron chi connectivity index (χ4n) is 0.353. The predicted molar refractivity (Wildman–Crippen MR) is 37.7 cm³/mol. The normalized spacial score (nSPS) is 17.9. The molecule has 0 saturated carbocycles. The SMILES string of the molecule is O=C(O)N1C=C(S)SN1. The van der Waals surface area contributed by atoms with Crippen molar-refractivity contribution >= 4 is 30.7 Å². The Labute approximate surface area is 61.4 Å². The Morgan fingerprint density at radius 1 is 2.00 bits per heavy atom. The zero-order valence-electron chi connectivity index (χ0n) is 4.24. The molecule has 0 bridgehead atoms. The van der Waals surface area contributed by atoms with E-state index in [1.165, 1.54) is 6.20 Å². The molecule has 9 heavy (non-hydrogen) atoms. The predicted octanol–water partition coefficient (Wildman–Crippen LogP) is 0.861. The van der Waals surface area contributed by atoms with Crippen LogP contribution in [0.15, 0.2) is 10.4 Å². The third-order valence-corrected chi connectivity index (χ3v) is 1.69. The van der Waals surface area contributed by atoms with Gasteiger partial charge in [0.2, 0.25) is 0 Å². The van der Waals surface area contributed by atoms with Gasteiger partial charge in [-0.3, -0.25) is 0 Å². The van der Waals surface area contributed by atoms with Crippen molar-refractivity contribution in [3.8, 4) is 0 Å². The molecule has 1 rings (SSSR count). The second-order valence-electron chi connectivity index (χ2n) is 1.31. The topological polar surface area (TPSA) is 52.6 Å². The summed E-state index contributed by atoms with van der Waals surface area (Å²) < 4.78 is 0.636. The van der Waals surface area contributed by atoms with E-state index in [1.54, 1.807) is 0 Å². The first-order valence-electron chi connectivity index (χ1n) is 2.05. The van der Waals surface area contributed by atoms with Gasteiger partial charge in [0, 0.05) is 0 Å². The number of carboxylic acid groups (broad SMARTS) is 1. The maximum Gasteiger partial charge on any atom is 0.426 e. The van der Waals surface area contributed by atoms with Crippen LogP contribution in [-0.4, -0.2) is 16.2 Å². The molecule has 0 unspecified atom stereocenters. The van der Waals surface area contributed by atoms with Gasteiger partial charge in [-0.05, 0) is 11.9 Å². The van der Waals surface area contributed by atoms with E-state index in [4.69, 9.17) is 5.11 Å². The average Bonchev–Trinajstić information content (AvgIpc) is 2.14. The lowest BCUT2D eigenvalue weighted by atomic mass is 10.9. The summed E-state index contributed by atoms with van der Waals surface area (Å²) in [5, 5.41) is 9.24. The van der Waals surface area contributed by atoms with E-state index in [0.717, 1.165) is 17.0 Å². The number of rotatable bonds is 0. The van der Waals surface area contributed by atoms with Crippen LogP contribution in [0, 0.1) is 0 Å². The van der Waals surface area contributed by atoms with Gasteiger partial charge < -0.3 is 5.11 Å². The molecule has 0 saturated heterocycles. The minimum absolute atomic E-state index is 0.636. The zero-order chi connectivity index (χ0) is 6.85. The van der Waals surface area contributed by atoms with Crippen molar-refractivity contribution in [3.05, 3.63) is 10.4 Å². The number of carbonyl (C=O) groups is 1. The van der Waals surface area contributed by atoms with Crippen molar-refractivity contribution in [3.63, 3.8) is 0 Å². The summed E-state index contributed by atoms with van der Waals surface area (Å²) in [5.41, 5.74) is 0. The van der Waals surface area contributed by atoms with Crippen molar-refractivity contribution in [2.24, 2.45) is 0 Å². The molecule has 0 aliphatic carbocycles. The van der Waals surface area contributed by atoms with E-state index >= 15 is 0 Å². The van der Waals surface area contributed by atoms with Gasteiger partial charge in [0.1, 0.15) is 0 Å². The minimum atomic E-state index is -1.04. The van der Waals surface area contributed by atoms with Gasteiger partial charge in [0.05, 0.1) is 10.4 Å². The number of thiol groups is 1. The lowest BCUT2D eigenvalue weighted by Crippen LogP contribution is -2.29. The van der Waals surface area contributed by atoms with E-state index in [9.17, 15) is 4.79 Å². The molecule has 0 aromatic heterocycles. The van der Waals surface area contributed by atoms with Crippen LogP contribution in [-0.2, 0) is 0 Å². The molecular formula is C3H4N2O2S2. The lowest BCUT2D eigenvalue weighted by molar-refractivity contribution is 0.159.